The average molecular weight is 354 g/mol. The number of halogens is 6. The van der Waals surface area contributed by atoms with Crippen LogP contribution in [0.5, 0.6) is 0 Å². The molecule has 0 spiro atoms. The van der Waals surface area contributed by atoms with E-state index in [1.165, 1.54) is 19.3 Å². The van der Waals surface area contributed by atoms with Crippen molar-refractivity contribution in [2.75, 3.05) is 0 Å². The molecule has 0 radical (unpaired) electrons. The Morgan fingerprint density at radius 3 is 1.92 bits per heavy atom. The largest absolute Gasteiger partial charge is 0.402 e. The van der Waals surface area contributed by atoms with Crippen LogP contribution in [0.2, 0.25) is 0 Å². The number of hydrogen-bond donors (Lipinski definition) is 0. The first-order chi connectivity index (χ1) is 11.0. The fourth-order valence-electron chi connectivity index (χ4n) is 6.95. The van der Waals surface area contributed by atoms with Crippen LogP contribution in [-0.4, -0.2) is 12.4 Å². The maximum atomic E-state index is 13.1. The van der Waals surface area contributed by atoms with Crippen LogP contribution in [0.3, 0.4) is 0 Å². The number of rotatable bonds is 3. The number of fused-ring (bicyclic) bond motifs is 9. The summed E-state index contributed by atoms with van der Waals surface area (Å²) in [4.78, 5) is 0. The van der Waals surface area contributed by atoms with Crippen LogP contribution >= 0.6 is 0 Å². The van der Waals surface area contributed by atoms with Crippen LogP contribution in [0, 0.1) is 46.8 Å². The van der Waals surface area contributed by atoms with E-state index in [9.17, 15) is 26.3 Å². The van der Waals surface area contributed by atoms with Crippen molar-refractivity contribution in [3.63, 3.8) is 0 Å². The van der Waals surface area contributed by atoms with Crippen LogP contribution < -0.4 is 0 Å². The van der Waals surface area contributed by atoms with Crippen LogP contribution in [0.4, 0.5) is 26.3 Å². The highest BCUT2D eigenvalue weighted by Crippen LogP contribution is 2.69. The second kappa shape index (κ2) is 5.06. The lowest BCUT2D eigenvalue weighted by Gasteiger charge is -2.40. The van der Waals surface area contributed by atoms with Gasteiger partial charge in [-0.15, -0.1) is 0 Å². The van der Waals surface area contributed by atoms with Gasteiger partial charge in [-0.05, 0) is 93.3 Å². The molecule has 4 aliphatic carbocycles. The molecule has 4 rings (SSSR count). The molecule has 4 fully saturated rings. The highest BCUT2D eigenvalue weighted by Gasteiger charge is 2.68. The van der Waals surface area contributed by atoms with Gasteiger partial charge in [0.1, 0.15) is 0 Å². The minimum absolute atomic E-state index is 0.0668. The standard InChI is InChI=1S/C18H24F6/c1-16(17(19,20)21,18(22,23)24)5-4-9-6-12-8-13(9)15-11-3-2-10(7-11)14(12)15/h9-15H,2-8H2,1H3. The molecule has 7 atom stereocenters. The zero-order valence-electron chi connectivity index (χ0n) is 13.8. The molecule has 0 aliphatic heterocycles. The molecule has 0 saturated heterocycles. The second-order valence-electron chi connectivity index (χ2n) is 9.01. The summed E-state index contributed by atoms with van der Waals surface area (Å²) in [6, 6.07) is 0. The monoisotopic (exact) mass is 354 g/mol. The Morgan fingerprint density at radius 1 is 0.750 bits per heavy atom. The van der Waals surface area contributed by atoms with E-state index in [0.29, 0.717) is 30.6 Å². The SMILES string of the molecule is CC(CCC1CC2CC1C1C3CCC(C3)C21)(C(F)(F)F)C(F)(F)F. The first-order valence-corrected chi connectivity index (χ1v) is 9.16. The van der Waals surface area contributed by atoms with Crippen molar-refractivity contribution >= 4 is 0 Å². The second-order valence-corrected chi connectivity index (χ2v) is 9.01. The van der Waals surface area contributed by atoms with Crippen LogP contribution in [0.25, 0.3) is 0 Å². The maximum absolute atomic E-state index is 13.1. The van der Waals surface area contributed by atoms with Crippen molar-refractivity contribution < 1.29 is 26.3 Å². The summed E-state index contributed by atoms with van der Waals surface area (Å²) in [7, 11) is 0. The van der Waals surface area contributed by atoms with E-state index >= 15 is 0 Å². The molecule has 4 saturated carbocycles. The fraction of sp³-hybridized carbons (Fsp3) is 1.00. The third-order valence-electron chi connectivity index (χ3n) is 8.14. The van der Waals surface area contributed by atoms with Gasteiger partial charge in [-0.3, -0.25) is 0 Å². The number of alkyl halides is 6. The maximum Gasteiger partial charge on any atom is 0.402 e. The Morgan fingerprint density at radius 2 is 1.33 bits per heavy atom. The lowest BCUT2D eigenvalue weighted by molar-refractivity contribution is -0.337. The van der Waals surface area contributed by atoms with Crippen molar-refractivity contribution in [1.29, 1.82) is 0 Å². The van der Waals surface area contributed by atoms with Crippen LogP contribution in [0.1, 0.15) is 51.9 Å². The minimum Gasteiger partial charge on any atom is -0.170 e. The van der Waals surface area contributed by atoms with Crippen molar-refractivity contribution in [3.8, 4) is 0 Å². The molecule has 0 aromatic rings. The van der Waals surface area contributed by atoms with E-state index in [2.05, 4.69) is 0 Å². The van der Waals surface area contributed by atoms with Gasteiger partial charge in [0.25, 0.3) is 0 Å². The summed E-state index contributed by atoms with van der Waals surface area (Å²) in [6.45, 7) is 0.334. The Bertz CT molecular complexity index is 493. The molecule has 24 heavy (non-hydrogen) atoms. The third-order valence-corrected chi connectivity index (χ3v) is 8.14. The van der Waals surface area contributed by atoms with Gasteiger partial charge < -0.3 is 0 Å². The average Bonchev–Trinajstić information content (AvgIpc) is 3.19. The zero-order chi connectivity index (χ0) is 17.5. The molecule has 0 nitrogen and oxygen atoms in total. The van der Waals surface area contributed by atoms with E-state index in [1.807, 2.05) is 0 Å². The molecule has 7 unspecified atom stereocenters. The van der Waals surface area contributed by atoms with E-state index in [4.69, 9.17) is 0 Å². The van der Waals surface area contributed by atoms with Gasteiger partial charge in [-0.2, -0.15) is 26.3 Å². The Balaban J connectivity index is 1.46. The van der Waals surface area contributed by atoms with Crippen LogP contribution in [-0.2, 0) is 0 Å². The minimum atomic E-state index is -5.24. The van der Waals surface area contributed by atoms with Crippen molar-refractivity contribution in [3.05, 3.63) is 0 Å². The summed E-state index contributed by atoms with van der Waals surface area (Å²) in [5.74, 6) is 3.88. The predicted molar refractivity (Wildman–Crippen MR) is 77.0 cm³/mol. The smallest absolute Gasteiger partial charge is 0.170 e. The summed E-state index contributed by atoms with van der Waals surface area (Å²) < 4.78 is 78.5. The van der Waals surface area contributed by atoms with Gasteiger partial charge in [0.05, 0.1) is 0 Å². The van der Waals surface area contributed by atoms with Gasteiger partial charge in [-0.1, -0.05) is 0 Å². The quantitative estimate of drug-likeness (QED) is 0.417. The topological polar surface area (TPSA) is 0 Å². The molecule has 0 aromatic carbocycles. The normalized spacial score (nSPS) is 44.4. The third kappa shape index (κ3) is 2.19. The molecule has 138 valence electrons. The molecule has 0 amide bonds. The van der Waals surface area contributed by atoms with Gasteiger partial charge in [-0.25, -0.2) is 0 Å². The Labute approximate surface area is 138 Å². The van der Waals surface area contributed by atoms with Gasteiger partial charge in [0, 0.05) is 0 Å². The lowest BCUT2D eigenvalue weighted by atomic mass is 9.66. The molecule has 6 heteroatoms. The van der Waals surface area contributed by atoms with E-state index in [0.717, 1.165) is 24.7 Å². The van der Waals surface area contributed by atoms with Gasteiger partial charge >= 0.3 is 12.4 Å². The summed E-state index contributed by atoms with van der Waals surface area (Å²) in [6.07, 6.45) is -5.53. The lowest BCUT2D eigenvalue weighted by Crippen LogP contribution is -2.48. The van der Waals surface area contributed by atoms with Gasteiger partial charge in [0.2, 0.25) is 0 Å². The highest BCUT2D eigenvalue weighted by molar-refractivity contribution is 5.11. The summed E-state index contributed by atoms with van der Waals surface area (Å²) in [5.41, 5.74) is -3.57. The van der Waals surface area contributed by atoms with E-state index < -0.39 is 24.2 Å². The van der Waals surface area contributed by atoms with E-state index in [-0.39, 0.29) is 12.3 Å². The molecule has 4 bridgehead atoms. The molecular formula is C18H24F6. The Hall–Kier alpha value is -0.420. The summed E-state index contributed by atoms with van der Waals surface area (Å²) >= 11 is 0. The van der Waals surface area contributed by atoms with E-state index in [1.54, 1.807) is 0 Å². The number of hydrogen-bond acceptors (Lipinski definition) is 0. The summed E-state index contributed by atoms with van der Waals surface area (Å²) in [5, 5.41) is 0. The molecule has 0 aromatic heterocycles. The van der Waals surface area contributed by atoms with Crippen molar-refractivity contribution in [1.82, 2.24) is 0 Å². The molecule has 0 N–H and O–H groups in total. The Kier molecular flexibility index (Phi) is 3.59. The van der Waals surface area contributed by atoms with Crippen molar-refractivity contribution in [2.24, 2.45) is 46.8 Å². The van der Waals surface area contributed by atoms with Crippen LogP contribution in [0.15, 0.2) is 0 Å². The molecule has 0 heterocycles. The zero-order valence-corrected chi connectivity index (χ0v) is 13.8. The molecular weight excluding hydrogens is 330 g/mol. The first kappa shape index (κ1) is 17.0. The van der Waals surface area contributed by atoms with Crippen molar-refractivity contribution in [2.45, 2.75) is 64.2 Å². The first-order valence-electron chi connectivity index (χ1n) is 9.16. The van der Waals surface area contributed by atoms with Gasteiger partial charge in [0.15, 0.2) is 5.41 Å². The molecule has 4 aliphatic rings. The highest BCUT2D eigenvalue weighted by atomic mass is 19.4. The predicted octanol–water partition coefficient (Wildman–Crippen LogP) is 6.22. The fourth-order valence-corrected chi connectivity index (χ4v) is 6.95.